The lowest BCUT2D eigenvalue weighted by molar-refractivity contribution is 0.602. The normalized spacial score (nSPS) is 12.0. The monoisotopic (exact) mass is 345 g/mol. The van der Waals surface area contributed by atoms with Gasteiger partial charge in [0.1, 0.15) is 5.69 Å². The van der Waals surface area contributed by atoms with E-state index >= 15 is 0 Å². The molecule has 0 N–H and O–H groups in total. The summed E-state index contributed by atoms with van der Waals surface area (Å²) in [4.78, 5) is 0.279. The van der Waals surface area contributed by atoms with E-state index in [1.807, 2.05) is 17.9 Å². The number of nitrogens with zero attached hydrogens (tertiary/aromatic N) is 5. The summed E-state index contributed by atoms with van der Waals surface area (Å²) >= 11 is 0. The third-order valence-electron chi connectivity index (χ3n) is 3.83. The van der Waals surface area contributed by atoms with Gasteiger partial charge in [0, 0.05) is 18.9 Å². The van der Waals surface area contributed by atoms with Gasteiger partial charge in [-0.1, -0.05) is 19.1 Å². The lowest BCUT2D eigenvalue weighted by Gasteiger charge is -2.07. The summed E-state index contributed by atoms with van der Waals surface area (Å²) in [5.41, 5.74) is 3.52. The van der Waals surface area contributed by atoms with Gasteiger partial charge in [-0.25, -0.2) is 13.1 Å². The van der Waals surface area contributed by atoms with Crippen molar-refractivity contribution in [3.8, 4) is 16.9 Å². The summed E-state index contributed by atoms with van der Waals surface area (Å²) in [6.07, 6.45) is 4.79. The van der Waals surface area contributed by atoms with E-state index in [2.05, 4.69) is 29.3 Å². The molecule has 0 spiro atoms. The lowest BCUT2D eigenvalue weighted by atomic mass is 10.0. The molecule has 0 saturated carbocycles. The Morgan fingerprint density at radius 3 is 2.38 bits per heavy atom. The molecule has 3 rings (SSSR count). The summed E-state index contributed by atoms with van der Waals surface area (Å²) in [5, 5.41) is 12.7. The highest BCUT2D eigenvalue weighted by atomic mass is 32.2. The summed E-state index contributed by atoms with van der Waals surface area (Å²) in [6.45, 7) is 4.21. The molecule has 0 aliphatic rings. The summed E-state index contributed by atoms with van der Waals surface area (Å²) in [6, 6.07) is 6.55. The fraction of sp³-hybridized carbons (Fsp3) is 0.312. The predicted molar refractivity (Wildman–Crippen MR) is 90.8 cm³/mol. The van der Waals surface area contributed by atoms with Gasteiger partial charge in [-0.2, -0.15) is 5.10 Å². The van der Waals surface area contributed by atoms with Crippen LogP contribution in [0.5, 0.6) is 0 Å². The Bertz CT molecular complexity index is 968. The van der Waals surface area contributed by atoms with Crippen LogP contribution in [-0.2, 0) is 16.9 Å². The third kappa shape index (κ3) is 2.96. The number of hydrogen-bond acceptors (Lipinski definition) is 5. The molecule has 24 heavy (non-hydrogen) atoms. The van der Waals surface area contributed by atoms with Crippen LogP contribution in [0, 0.1) is 0 Å². The highest BCUT2D eigenvalue weighted by Crippen LogP contribution is 2.27. The van der Waals surface area contributed by atoms with Crippen molar-refractivity contribution in [2.45, 2.75) is 24.7 Å². The first-order chi connectivity index (χ1) is 11.3. The van der Waals surface area contributed by atoms with Crippen LogP contribution >= 0.6 is 0 Å². The second-order valence-corrected chi connectivity index (χ2v) is 8.05. The predicted octanol–water partition coefficient (Wildman–Crippen LogP) is 2.19. The molecule has 0 bridgehead atoms. The molecular formula is C16H19N5O2S. The Hall–Kier alpha value is -2.48. The number of rotatable bonds is 4. The molecule has 0 aliphatic heterocycles. The molecular weight excluding hydrogens is 326 g/mol. The van der Waals surface area contributed by atoms with Gasteiger partial charge < -0.3 is 0 Å². The Balaban J connectivity index is 1.97. The molecule has 2 aromatic heterocycles. The van der Waals surface area contributed by atoms with Crippen LogP contribution in [0.3, 0.4) is 0 Å². The van der Waals surface area contributed by atoms with Gasteiger partial charge in [0.15, 0.2) is 9.84 Å². The molecule has 8 heteroatoms. The van der Waals surface area contributed by atoms with Crippen molar-refractivity contribution in [3.05, 3.63) is 42.4 Å². The third-order valence-corrected chi connectivity index (χ3v) is 4.96. The Kier molecular flexibility index (Phi) is 4.00. The average Bonchev–Trinajstić information content (AvgIpc) is 3.12. The minimum atomic E-state index is -3.21. The maximum Gasteiger partial charge on any atom is 0.175 e. The first-order valence-corrected chi connectivity index (χ1v) is 9.41. The maximum absolute atomic E-state index is 11.5. The zero-order chi connectivity index (χ0) is 17.5. The van der Waals surface area contributed by atoms with E-state index in [1.54, 1.807) is 35.1 Å². The minimum Gasteiger partial charge on any atom is -0.272 e. The Labute approximate surface area is 140 Å². The van der Waals surface area contributed by atoms with Crippen molar-refractivity contribution in [1.82, 2.24) is 24.8 Å². The SMILES string of the molecule is CC(C)c1c(-c2cn(-c3ccc(S(C)(=O)=O)cc3)nn2)cnn1C. The van der Waals surface area contributed by atoms with Crippen LogP contribution in [0.25, 0.3) is 16.9 Å². The fourth-order valence-electron chi connectivity index (χ4n) is 2.69. The number of sulfone groups is 1. The van der Waals surface area contributed by atoms with Crippen LogP contribution in [-0.4, -0.2) is 39.4 Å². The highest BCUT2D eigenvalue weighted by Gasteiger charge is 2.17. The molecule has 0 unspecified atom stereocenters. The van der Waals surface area contributed by atoms with Crippen LogP contribution in [0.4, 0.5) is 0 Å². The Morgan fingerprint density at radius 2 is 1.79 bits per heavy atom. The smallest absolute Gasteiger partial charge is 0.175 e. The molecule has 7 nitrogen and oxygen atoms in total. The van der Waals surface area contributed by atoms with Gasteiger partial charge in [0.2, 0.25) is 0 Å². The number of hydrogen-bond donors (Lipinski definition) is 0. The first-order valence-electron chi connectivity index (χ1n) is 7.52. The molecule has 0 aliphatic carbocycles. The van der Waals surface area contributed by atoms with Gasteiger partial charge in [0.05, 0.1) is 28.7 Å². The van der Waals surface area contributed by atoms with E-state index in [-0.39, 0.29) is 4.90 Å². The minimum absolute atomic E-state index is 0.279. The van der Waals surface area contributed by atoms with Crippen molar-refractivity contribution in [2.75, 3.05) is 6.26 Å². The average molecular weight is 345 g/mol. The number of aromatic nitrogens is 5. The van der Waals surface area contributed by atoms with Crippen LogP contribution in [0.2, 0.25) is 0 Å². The Morgan fingerprint density at radius 1 is 1.12 bits per heavy atom. The van der Waals surface area contributed by atoms with Crippen molar-refractivity contribution >= 4 is 9.84 Å². The summed E-state index contributed by atoms with van der Waals surface area (Å²) in [5.74, 6) is 0.312. The van der Waals surface area contributed by atoms with E-state index in [1.165, 1.54) is 6.26 Å². The van der Waals surface area contributed by atoms with Gasteiger partial charge in [0.25, 0.3) is 0 Å². The topological polar surface area (TPSA) is 82.7 Å². The number of benzene rings is 1. The lowest BCUT2D eigenvalue weighted by Crippen LogP contribution is -2.01. The van der Waals surface area contributed by atoms with Crippen molar-refractivity contribution in [2.24, 2.45) is 7.05 Å². The fourth-order valence-corrected chi connectivity index (χ4v) is 3.32. The molecule has 0 fully saturated rings. The van der Waals surface area contributed by atoms with E-state index in [9.17, 15) is 8.42 Å². The van der Waals surface area contributed by atoms with Crippen LogP contribution < -0.4 is 0 Å². The van der Waals surface area contributed by atoms with Gasteiger partial charge >= 0.3 is 0 Å². The van der Waals surface area contributed by atoms with E-state index in [4.69, 9.17) is 0 Å². The van der Waals surface area contributed by atoms with Gasteiger partial charge in [-0.15, -0.1) is 5.10 Å². The van der Waals surface area contributed by atoms with E-state index < -0.39 is 9.84 Å². The molecule has 2 heterocycles. The molecule has 0 amide bonds. The highest BCUT2D eigenvalue weighted by molar-refractivity contribution is 7.90. The zero-order valence-corrected chi connectivity index (χ0v) is 14.8. The molecule has 3 aromatic rings. The first kappa shape index (κ1) is 16.4. The molecule has 0 saturated heterocycles. The van der Waals surface area contributed by atoms with Crippen LogP contribution in [0.1, 0.15) is 25.5 Å². The molecule has 0 atom stereocenters. The van der Waals surface area contributed by atoms with Gasteiger partial charge in [-0.05, 0) is 30.2 Å². The summed E-state index contributed by atoms with van der Waals surface area (Å²) in [7, 11) is -1.30. The zero-order valence-electron chi connectivity index (χ0n) is 14.0. The quantitative estimate of drug-likeness (QED) is 0.724. The van der Waals surface area contributed by atoms with E-state index in [0.29, 0.717) is 5.92 Å². The molecule has 1 aromatic carbocycles. The van der Waals surface area contributed by atoms with Crippen LogP contribution in [0.15, 0.2) is 41.6 Å². The van der Waals surface area contributed by atoms with E-state index in [0.717, 1.165) is 22.6 Å². The second-order valence-electron chi connectivity index (χ2n) is 6.04. The van der Waals surface area contributed by atoms with Gasteiger partial charge in [-0.3, -0.25) is 4.68 Å². The molecule has 0 radical (unpaired) electrons. The van der Waals surface area contributed by atoms with Crippen molar-refractivity contribution in [1.29, 1.82) is 0 Å². The maximum atomic E-state index is 11.5. The summed E-state index contributed by atoms with van der Waals surface area (Å²) < 4.78 is 26.5. The largest absolute Gasteiger partial charge is 0.272 e. The van der Waals surface area contributed by atoms with Crippen molar-refractivity contribution < 1.29 is 8.42 Å². The van der Waals surface area contributed by atoms with Crippen molar-refractivity contribution in [3.63, 3.8) is 0 Å². The second kappa shape index (κ2) is 5.86. The number of aryl methyl sites for hydroxylation is 1. The molecule has 126 valence electrons. The standard InChI is InChI=1S/C16H19N5O2S/c1-11(2)16-14(9-17-20(16)3)15-10-21(19-18-15)12-5-7-13(8-6-12)24(4,22)23/h5-11H,1-4H3.